The van der Waals surface area contributed by atoms with Crippen LogP contribution in [0.5, 0.6) is 0 Å². The summed E-state index contributed by atoms with van der Waals surface area (Å²) in [6.45, 7) is 4.48. The van der Waals surface area contributed by atoms with Crippen molar-refractivity contribution >= 4 is 15.9 Å². The number of halogens is 1. The maximum atomic E-state index is 10.8. The van der Waals surface area contributed by atoms with E-state index in [0.29, 0.717) is 5.92 Å². The van der Waals surface area contributed by atoms with Gasteiger partial charge in [0.2, 0.25) is 0 Å². The zero-order valence-electron chi connectivity index (χ0n) is 10.6. The summed E-state index contributed by atoms with van der Waals surface area (Å²) >= 11 is 3.44. The minimum Gasteiger partial charge on any atom is -0.389 e. The summed E-state index contributed by atoms with van der Waals surface area (Å²) in [5, 5.41) is 10.8. The SMILES string of the molecule is CC1CCC(O)(Cc2ccc(Br)cc2)C(C)C1. The van der Waals surface area contributed by atoms with E-state index in [2.05, 4.69) is 54.0 Å². The van der Waals surface area contributed by atoms with E-state index in [0.717, 1.165) is 36.1 Å². The van der Waals surface area contributed by atoms with Crippen LogP contribution in [0.2, 0.25) is 0 Å². The van der Waals surface area contributed by atoms with Gasteiger partial charge in [-0.1, -0.05) is 41.9 Å². The van der Waals surface area contributed by atoms with Crippen LogP contribution in [0.1, 0.15) is 38.7 Å². The Kier molecular flexibility index (Phi) is 3.94. The van der Waals surface area contributed by atoms with Crippen molar-refractivity contribution in [1.82, 2.24) is 0 Å². The van der Waals surface area contributed by atoms with E-state index in [9.17, 15) is 5.11 Å². The molecule has 1 fully saturated rings. The van der Waals surface area contributed by atoms with Crippen molar-refractivity contribution in [3.63, 3.8) is 0 Å². The number of aliphatic hydroxyl groups is 1. The lowest BCUT2D eigenvalue weighted by molar-refractivity contribution is -0.0522. The Labute approximate surface area is 112 Å². The van der Waals surface area contributed by atoms with E-state index in [1.807, 2.05) is 0 Å². The van der Waals surface area contributed by atoms with Gasteiger partial charge in [-0.3, -0.25) is 0 Å². The highest BCUT2D eigenvalue weighted by molar-refractivity contribution is 9.10. The molecule has 0 aliphatic heterocycles. The molecule has 17 heavy (non-hydrogen) atoms. The fourth-order valence-corrected chi connectivity index (χ4v) is 3.17. The predicted octanol–water partition coefficient (Wildman–Crippen LogP) is 4.18. The molecule has 1 aromatic carbocycles. The average Bonchev–Trinajstić information content (AvgIpc) is 2.28. The van der Waals surface area contributed by atoms with Crippen LogP contribution in [0.3, 0.4) is 0 Å². The molecule has 1 aliphatic carbocycles. The Balaban J connectivity index is 2.09. The van der Waals surface area contributed by atoms with Gasteiger partial charge in [-0.05, 0) is 48.8 Å². The molecule has 3 atom stereocenters. The van der Waals surface area contributed by atoms with Gasteiger partial charge in [-0.15, -0.1) is 0 Å². The smallest absolute Gasteiger partial charge is 0.0713 e. The highest BCUT2D eigenvalue weighted by atomic mass is 79.9. The standard InChI is InChI=1S/C15H21BrO/c1-11-7-8-15(17,12(2)9-11)10-13-3-5-14(16)6-4-13/h3-6,11-12,17H,7-10H2,1-2H3. The van der Waals surface area contributed by atoms with E-state index in [-0.39, 0.29) is 0 Å². The molecule has 1 nitrogen and oxygen atoms in total. The van der Waals surface area contributed by atoms with Gasteiger partial charge >= 0.3 is 0 Å². The Morgan fingerprint density at radius 1 is 1.29 bits per heavy atom. The van der Waals surface area contributed by atoms with Crippen LogP contribution in [0.25, 0.3) is 0 Å². The first-order chi connectivity index (χ1) is 7.99. The van der Waals surface area contributed by atoms with Crippen LogP contribution in [0.4, 0.5) is 0 Å². The molecule has 94 valence electrons. The first-order valence-electron chi connectivity index (χ1n) is 6.46. The largest absolute Gasteiger partial charge is 0.389 e. The number of rotatable bonds is 2. The second-order valence-electron chi connectivity index (χ2n) is 5.69. The molecule has 1 saturated carbocycles. The Morgan fingerprint density at radius 3 is 2.53 bits per heavy atom. The second kappa shape index (κ2) is 5.11. The molecular weight excluding hydrogens is 276 g/mol. The highest BCUT2D eigenvalue weighted by Gasteiger charge is 2.38. The van der Waals surface area contributed by atoms with Crippen LogP contribution >= 0.6 is 15.9 Å². The van der Waals surface area contributed by atoms with Crippen LogP contribution < -0.4 is 0 Å². The van der Waals surface area contributed by atoms with Crippen LogP contribution in [-0.2, 0) is 6.42 Å². The normalized spacial score (nSPS) is 33.6. The minimum absolute atomic E-state index is 0.398. The zero-order valence-corrected chi connectivity index (χ0v) is 12.2. The van der Waals surface area contributed by atoms with Crippen molar-refractivity contribution in [2.75, 3.05) is 0 Å². The predicted molar refractivity (Wildman–Crippen MR) is 75.0 cm³/mol. The van der Waals surface area contributed by atoms with Crippen molar-refractivity contribution in [2.24, 2.45) is 11.8 Å². The van der Waals surface area contributed by atoms with Gasteiger partial charge in [0.15, 0.2) is 0 Å². The Hall–Kier alpha value is -0.340. The number of hydrogen-bond donors (Lipinski definition) is 1. The Bertz CT molecular complexity index is 373. The monoisotopic (exact) mass is 296 g/mol. The fraction of sp³-hybridized carbons (Fsp3) is 0.600. The maximum absolute atomic E-state index is 10.8. The first-order valence-corrected chi connectivity index (χ1v) is 7.26. The van der Waals surface area contributed by atoms with E-state index < -0.39 is 5.60 Å². The van der Waals surface area contributed by atoms with Gasteiger partial charge in [0.1, 0.15) is 0 Å². The van der Waals surface area contributed by atoms with E-state index >= 15 is 0 Å². The van der Waals surface area contributed by atoms with Crippen LogP contribution in [0, 0.1) is 11.8 Å². The first kappa shape index (κ1) is 13.1. The summed E-state index contributed by atoms with van der Waals surface area (Å²) < 4.78 is 1.10. The molecule has 0 spiro atoms. The van der Waals surface area contributed by atoms with Gasteiger partial charge in [-0.25, -0.2) is 0 Å². The third kappa shape index (κ3) is 3.11. The fourth-order valence-electron chi connectivity index (χ4n) is 2.90. The number of benzene rings is 1. The molecule has 3 unspecified atom stereocenters. The lowest BCUT2D eigenvalue weighted by Crippen LogP contribution is -2.43. The van der Waals surface area contributed by atoms with Crippen molar-refractivity contribution in [3.05, 3.63) is 34.3 Å². The van der Waals surface area contributed by atoms with Crippen molar-refractivity contribution in [2.45, 2.75) is 45.1 Å². The zero-order chi connectivity index (χ0) is 12.5. The Morgan fingerprint density at radius 2 is 1.94 bits per heavy atom. The molecule has 0 saturated heterocycles. The van der Waals surface area contributed by atoms with Crippen molar-refractivity contribution in [1.29, 1.82) is 0 Å². The van der Waals surface area contributed by atoms with Gasteiger partial charge in [0.25, 0.3) is 0 Å². The third-order valence-corrected chi connectivity index (χ3v) is 4.70. The van der Waals surface area contributed by atoms with Gasteiger partial charge in [0, 0.05) is 10.9 Å². The molecule has 0 radical (unpaired) electrons. The van der Waals surface area contributed by atoms with E-state index in [1.165, 1.54) is 5.56 Å². The molecule has 0 aromatic heterocycles. The molecular formula is C15H21BrO. The highest BCUT2D eigenvalue weighted by Crippen LogP contribution is 2.38. The maximum Gasteiger partial charge on any atom is 0.0713 e. The van der Waals surface area contributed by atoms with Crippen LogP contribution in [-0.4, -0.2) is 10.7 Å². The van der Waals surface area contributed by atoms with Gasteiger partial charge < -0.3 is 5.11 Å². The molecule has 1 aliphatic rings. The van der Waals surface area contributed by atoms with Gasteiger partial charge in [-0.2, -0.15) is 0 Å². The molecule has 0 bridgehead atoms. The van der Waals surface area contributed by atoms with Crippen LogP contribution in [0.15, 0.2) is 28.7 Å². The van der Waals surface area contributed by atoms with E-state index in [1.54, 1.807) is 0 Å². The summed E-state index contributed by atoms with van der Waals surface area (Å²) in [5.74, 6) is 1.16. The molecule has 0 amide bonds. The lowest BCUT2D eigenvalue weighted by Gasteiger charge is -2.41. The summed E-state index contributed by atoms with van der Waals surface area (Å²) in [6.07, 6.45) is 4.02. The van der Waals surface area contributed by atoms with E-state index in [4.69, 9.17) is 0 Å². The summed E-state index contributed by atoms with van der Waals surface area (Å²) in [7, 11) is 0. The minimum atomic E-state index is -0.500. The summed E-state index contributed by atoms with van der Waals surface area (Å²) in [5.41, 5.74) is 0.734. The summed E-state index contributed by atoms with van der Waals surface area (Å²) in [4.78, 5) is 0. The van der Waals surface area contributed by atoms with Crippen molar-refractivity contribution < 1.29 is 5.11 Å². The third-order valence-electron chi connectivity index (χ3n) is 4.17. The molecule has 1 aromatic rings. The average molecular weight is 297 g/mol. The molecule has 2 rings (SSSR count). The van der Waals surface area contributed by atoms with Gasteiger partial charge in [0.05, 0.1) is 5.60 Å². The molecule has 0 heterocycles. The lowest BCUT2D eigenvalue weighted by atomic mass is 9.70. The number of hydrogen-bond acceptors (Lipinski definition) is 1. The quantitative estimate of drug-likeness (QED) is 0.868. The topological polar surface area (TPSA) is 20.2 Å². The molecule has 2 heteroatoms. The van der Waals surface area contributed by atoms with Crippen molar-refractivity contribution in [3.8, 4) is 0 Å². The molecule has 1 N–H and O–H groups in total. The second-order valence-corrected chi connectivity index (χ2v) is 6.60. The summed E-state index contributed by atoms with van der Waals surface area (Å²) in [6, 6.07) is 8.31.